The van der Waals surface area contributed by atoms with Gasteiger partial charge in [0.1, 0.15) is 11.1 Å². The fourth-order valence-corrected chi connectivity index (χ4v) is 3.36. The number of aryl methyl sites for hydroxylation is 1. The standard InChI is InChI=1S/C19H18F3N3OS/c1-11(2)13-6-4-5-7-16(13)25-17(26)10-27-18-14(9-23)15(19(20,21)22)8-12(3)24-18/h4-8,11H,10H2,1-3H3,(H,25,26). The molecule has 0 atom stereocenters. The van der Waals surface area contributed by atoms with Crippen molar-refractivity contribution < 1.29 is 18.0 Å². The summed E-state index contributed by atoms with van der Waals surface area (Å²) in [5.41, 5.74) is 0.154. The molecule has 142 valence electrons. The van der Waals surface area contributed by atoms with Crippen LogP contribution in [0, 0.1) is 18.3 Å². The van der Waals surface area contributed by atoms with Crippen LogP contribution in [0.15, 0.2) is 35.4 Å². The monoisotopic (exact) mass is 393 g/mol. The number of rotatable bonds is 5. The van der Waals surface area contributed by atoms with Gasteiger partial charge >= 0.3 is 6.18 Å². The fourth-order valence-electron chi connectivity index (χ4n) is 2.52. The van der Waals surface area contributed by atoms with Crippen molar-refractivity contribution in [3.05, 3.63) is 52.7 Å². The van der Waals surface area contributed by atoms with Gasteiger partial charge in [-0.15, -0.1) is 0 Å². The molecule has 0 radical (unpaired) electrons. The number of para-hydroxylation sites is 1. The second kappa shape index (κ2) is 8.44. The summed E-state index contributed by atoms with van der Waals surface area (Å²) < 4.78 is 39.4. The van der Waals surface area contributed by atoms with Crippen LogP contribution >= 0.6 is 11.8 Å². The van der Waals surface area contributed by atoms with Gasteiger partial charge in [0.15, 0.2) is 0 Å². The zero-order valence-corrected chi connectivity index (χ0v) is 15.8. The summed E-state index contributed by atoms with van der Waals surface area (Å²) >= 11 is 0.812. The molecule has 8 heteroatoms. The Bertz CT molecular complexity index is 889. The van der Waals surface area contributed by atoms with Crippen molar-refractivity contribution in [2.75, 3.05) is 11.1 Å². The maximum Gasteiger partial charge on any atom is 0.417 e. The van der Waals surface area contributed by atoms with Gasteiger partial charge in [-0.1, -0.05) is 43.8 Å². The van der Waals surface area contributed by atoms with E-state index in [1.807, 2.05) is 26.0 Å². The molecule has 1 aromatic carbocycles. The zero-order valence-electron chi connectivity index (χ0n) is 15.0. The molecular weight excluding hydrogens is 375 g/mol. The normalized spacial score (nSPS) is 11.3. The summed E-state index contributed by atoms with van der Waals surface area (Å²) in [5, 5.41) is 11.8. The molecule has 0 fully saturated rings. The minimum absolute atomic E-state index is 0.0999. The largest absolute Gasteiger partial charge is 0.417 e. The van der Waals surface area contributed by atoms with Crippen molar-refractivity contribution in [2.24, 2.45) is 0 Å². The average molecular weight is 393 g/mol. The number of halogens is 3. The summed E-state index contributed by atoms with van der Waals surface area (Å²) in [5.74, 6) is -0.338. The third-order valence-corrected chi connectivity index (χ3v) is 4.70. The van der Waals surface area contributed by atoms with E-state index in [0.29, 0.717) is 5.69 Å². The molecule has 0 aliphatic carbocycles. The Balaban J connectivity index is 2.19. The number of hydrogen-bond donors (Lipinski definition) is 1. The minimum Gasteiger partial charge on any atom is -0.325 e. The van der Waals surface area contributed by atoms with Gasteiger partial charge in [0.2, 0.25) is 5.91 Å². The molecule has 0 aliphatic rings. The van der Waals surface area contributed by atoms with Crippen LogP contribution in [0.5, 0.6) is 0 Å². The Morgan fingerprint density at radius 2 is 2.00 bits per heavy atom. The Morgan fingerprint density at radius 3 is 2.59 bits per heavy atom. The molecule has 0 bridgehead atoms. The quantitative estimate of drug-likeness (QED) is 0.715. The Hall–Kier alpha value is -2.53. The first-order valence-corrected chi connectivity index (χ1v) is 9.12. The molecule has 1 heterocycles. The topological polar surface area (TPSA) is 65.8 Å². The van der Waals surface area contributed by atoms with Crippen LogP contribution in [0.1, 0.15) is 42.1 Å². The Labute approximate surface area is 159 Å². The summed E-state index contributed by atoms with van der Waals surface area (Å²) in [4.78, 5) is 16.3. The number of nitriles is 1. The molecule has 1 N–H and O–H groups in total. The second-order valence-corrected chi connectivity index (χ2v) is 7.14. The number of pyridine rings is 1. The molecule has 4 nitrogen and oxygen atoms in total. The highest BCUT2D eigenvalue weighted by Crippen LogP contribution is 2.36. The number of amides is 1. The van der Waals surface area contributed by atoms with Crippen molar-refractivity contribution in [1.82, 2.24) is 4.98 Å². The van der Waals surface area contributed by atoms with Gasteiger partial charge in [-0.2, -0.15) is 18.4 Å². The van der Waals surface area contributed by atoms with Gasteiger partial charge in [0, 0.05) is 11.4 Å². The minimum atomic E-state index is -4.66. The van der Waals surface area contributed by atoms with Gasteiger partial charge in [-0.25, -0.2) is 4.98 Å². The number of anilines is 1. The molecule has 0 saturated carbocycles. The molecule has 27 heavy (non-hydrogen) atoms. The number of nitrogens with one attached hydrogen (secondary N) is 1. The van der Waals surface area contributed by atoms with E-state index >= 15 is 0 Å². The maximum absolute atomic E-state index is 13.1. The van der Waals surface area contributed by atoms with E-state index in [1.54, 1.807) is 18.2 Å². The molecule has 2 rings (SSSR count). The molecule has 0 aliphatic heterocycles. The predicted molar refractivity (Wildman–Crippen MR) is 98.6 cm³/mol. The van der Waals surface area contributed by atoms with Crippen molar-refractivity contribution in [2.45, 2.75) is 37.9 Å². The number of benzene rings is 1. The van der Waals surface area contributed by atoms with Crippen LogP contribution in [-0.2, 0) is 11.0 Å². The molecule has 2 aromatic rings. The predicted octanol–water partition coefficient (Wildman–Crippen LogP) is 5.13. The number of carbonyl (C=O) groups is 1. The summed E-state index contributed by atoms with van der Waals surface area (Å²) in [7, 11) is 0. The number of alkyl halides is 3. The van der Waals surface area contributed by atoms with Crippen molar-refractivity contribution in [3.8, 4) is 6.07 Å². The number of hydrogen-bond acceptors (Lipinski definition) is 4. The highest BCUT2D eigenvalue weighted by molar-refractivity contribution is 8.00. The first-order valence-electron chi connectivity index (χ1n) is 8.14. The highest BCUT2D eigenvalue weighted by Gasteiger charge is 2.35. The van der Waals surface area contributed by atoms with E-state index in [-0.39, 0.29) is 28.3 Å². The van der Waals surface area contributed by atoms with Crippen LogP contribution in [-0.4, -0.2) is 16.6 Å². The van der Waals surface area contributed by atoms with E-state index in [9.17, 15) is 18.0 Å². The number of carbonyl (C=O) groups excluding carboxylic acids is 1. The van der Waals surface area contributed by atoms with E-state index in [1.165, 1.54) is 6.92 Å². The molecular formula is C19H18F3N3OS. The molecule has 1 aromatic heterocycles. The zero-order chi connectivity index (χ0) is 20.2. The van der Waals surface area contributed by atoms with Crippen LogP contribution in [0.25, 0.3) is 0 Å². The van der Waals surface area contributed by atoms with E-state index < -0.39 is 17.3 Å². The average Bonchev–Trinajstić information content (AvgIpc) is 2.59. The Kier molecular flexibility index (Phi) is 6.50. The first kappa shape index (κ1) is 20.8. The third-order valence-electron chi connectivity index (χ3n) is 3.73. The van der Waals surface area contributed by atoms with Crippen molar-refractivity contribution in [3.63, 3.8) is 0 Å². The van der Waals surface area contributed by atoms with Crippen LogP contribution < -0.4 is 5.32 Å². The fraction of sp³-hybridized carbons (Fsp3) is 0.316. The molecule has 0 unspecified atom stereocenters. The van der Waals surface area contributed by atoms with Gasteiger partial charge in [-0.3, -0.25) is 4.79 Å². The van der Waals surface area contributed by atoms with Gasteiger partial charge < -0.3 is 5.32 Å². The van der Waals surface area contributed by atoms with Crippen LogP contribution in [0.3, 0.4) is 0 Å². The third kappa shape index (κ3) is 5.23. The second-order valence-electron chi connectivity index (χ2n) is 6.18. The van der Waals surface area contributed by atoms with E-state index in [0.717, 1.165) is 23.4 Å². The van der Waals surface area contributed by atoms with Gasteiger partial charge in [-0.05, 0) is 30.5 Å². The number of aromatic nitrogens is 1. The maximum atomic E-state index is 13.1. The number of thioether (sulfide) groups is 1. The SMILES string of the molecule is Cc1cc(C(F)(F)F)c(C#N)c(SCC(=O)Nc2ccccc2C(C)C)n1. The first-order chi connectivity index (χ1) is 12.6. The lowest BCUT2D eigenvalue weighted by molar-refractivity contribution is -0.138. The smallest absolute Gasteiger partial charge is 0.325 e. The lowest BCUT2D eigenvalue weighted by atomic mass is 10.0. The lowest BCUT2D eigenvalue weighted by Gasteiger charge is -2.14. The lowest BCUT2D eigenvalue weighted by Crippen LogP contribution is -2.16. The van der Waals surface area contributed by atoms with E-state index in [4.69, 9.17) is 5.26 Å². The Morgan fingerprint density at radius 1 is 1.33 bits per heavy atom. The summed E-state index contributed by atoms with van der Waals surface area (Å²) in [6.07, 6.45) is -4.66. The van der Waals surface area contributed by atoms with Crippen LogP contribution in [0.4, 0.5) is 18.9 Å². The molecule has 0 spiro atoms. The summed E-state index contributed by atoms with van der Waals surface area (Å²) in [6.45, 7) is 5.40. The molecule has 0 saturated heterocycles. The van der Waals surface area contributed by atoms with Crippen LogP contribution in [0.2, 0.25) is 0 Å². The van der Waals surface area contributed by atoms with Gasteiger partial charge in [0.25, 0.3) is 0 Å². The van der Waals surface area contributed by atoms with Crippen molar-refractivity contribution in [1.29, 1.82) is 5.26 Å². The highest BCUT2D eigenvalue weighted by atomic mass is 32.2. The molecule has 1 amide bonds. The van der Waals surface area contributed by atoms with Gasteiger partial charge in [0.05, 0.1) is 16.9 Å². The summed E-state index contributed by atoms with van der Waals surface area (Å²) in [6, 6.07) is 9.73. The van der Waals surface area contributed by atoms with E-state index in [2.05, 4.69) is 10.3 Å². The number of nitrogens with zero attached hydrogens (tertiary/aromatic N) is 2. The van der Waals surface area contributed by atoms with Crippen molar-refractivity contribution >= 4 is 23.4 Å².